The van der Waals surface area contributed by atoms with E-state index in [1.165, 1.54) is 18.3 Å². The fourth-order valence-corrected chi connectivity index (χ4v) is 4.90. The average Bonchev–Trinajstić information content (AvgIpc) is 3.04. The van der Waals surface area contributed by atoms with Crippen LogP contribution in [0, 0.1) is 0 Å². The lowest BCUT2D eigenvalue weighted by molar-refractivity contribution is -0.153. The van der Waals surface area contributed by atoms with Gasteiger partial charge < -0.3 is 14.0 Å². The van der Waals surface area contributed by atoms with Gasteiger partial charge >= 0.3 is 6.18 Å². The molecular weight excluding hydrogens is 417 g/mol. The Morgan fingerprint density at radius 3 is 2.67 bits per heavy atom. The minimum absolute atomic E-state index is 0.0126. The molecule has 0 bridgehead atoms. The summed E-state index contributed by atoms with van der Waals surface area (Å²) in [7, 11) is 1.92. The van der Waals surface area contributed by atoms with Crippen LogP contribution in [0.1, 0.15) is 25.6 Å². The second kappa shape index (κ2) is 7.98. The number of hydrogen-bond acceptors (Lipinski definition) is 6. The van der Waals surface area contributed by atoms with Gasteiger partial charge in [0.2, 0.25) is 5.88 Å². The fourth-order valence-electron chi connectivity index (χ4n) is 3.51. The van der Waals surface area contributed by atoms with Gasteiger partial charge in [-0.2, -0.15) is 29.9 Å². The number of thioether (sulfide) groups is 1. The molecule has 0 N–H and O–H groups in total. The smallest absolute Gasteiger partial charge is 0.422 e. The number of nitrogens with zero attached hydrogens (tertiary/aromatic N) is 4. The van der Waals surface area contributed by atoms with Crippen molar-refractivity contribution < 1.29 is 22.6 Å². The number of aryl methyl sites for hydroxylation is 1. The van der Waals surface area contributed by atoms with Crippen molar-refractivity contribution in [3.05, 3.63) is 36.3 Å². The molecular formula is C20H21F3N4O2S. The molecule has 0 saturated carbocycles. The first-order chi connectivity index (χ1) is 14.3. The first kappa shape index (κ1) is 20.8. The molecule has 1 saturated heterocycles. The molecule has 10 heteroatoms. The third-order valence-electron chi connectivity index (χ3n) is 5.16. The molecule has 3 aromatic rings. The van der Waals surface area contributed by atoms with Gasteiger partial charge in [0.15, 0.2) is 18.0 Å². The normalized spacial score (nSPS) is 16.6. The molecule has 0 unspecified atom stereocenters. The Balaban J connectivity index is 1.61. The maximum Gasteiger partial charge on any atom is 0.422 e. The Bertz CT molecular complexity index is 1050. The van der Waals surface area contributed by atoms with Crippen LogP contribution < -0.4 is 9.47 Å². The minimum atomic E-state index is -4.46. The van der Waals surface area contributed by atoms with Crippen LogP contribution in [0.2, 0.25) is 0 Å². The zero-order valence-electron chi connectivity index (χ0n) is 16.6. The molecule has 4 heterocycles. The van der Waals surface area contributed by atoms with Gasteiger partial charge in [-0.3, -0.25) is 0 Å². The van der Waals surface area contributed by atoms with E-state index in [1.54, 1.807) is 12.1 Å². The Hall–Kier alpha value is -2.49. The van der Waals surface area contributed by atoms with Gasteiger partial charge in [-0.25, -0.2) is 9.97 Å². The molecule has 30 heavy (non-hydrogen) atoms. The van der Waals surface area contributed by atoms with Crippen LogP contribution in [0.5, 0.6) is 17.5 Å². The van der Waals surface area contributed by atoms with Crippen LogP contribution in [0.15, 0.2) is 30.5 Å². The lowest BCUT2D eigenvalue weighted by atomic mass is 9.83. The number of aromatic nitrogens is 4. The number of pyridine rings is 2. The van der Waals surface area contributed by atoms with E-state index in [2.05, 4.69) is 16.9 Å². The molecule has 0 amide bonds. The summed E-state index contributed by atoms with van der Waals surface area (Å²) < 4.78 is 49.9. The van der Waals surface area contributed by atoms with Crippen molar-refractivity contribution in [2.75, 3.05) is 18.1 Å². The van der Waals surface area contributed by atoms with E-state index in [4.69, 9.17) is 14.5 Å². The second-order valence-electron chi connectivity index (χ2n) is 7.47. The van der Waals surface area contributed by atoms with Gasteiger partial charge in [0.1, 0.15) is 11.3 Å². The highest BCUT2D eigenvalue weighted by atomic mass is 32.2. The predicted molar refractivity (Wildman–Crippen MR) is 108 cm³/mol. The standard InChI is InChI=1S/C20H21F3N4O2S/c1-19(7-10-30-11-8-19)18-25-13-5-6-15(26-16(13)27(18)2)29-17-14(4-3-9-24-17)28-12-20(21,22)23/h3-6,9H,7-8,10-12H2,1-2H3. The number of alkyl halides is 3. The number of hydrogen-bond donors (Lipinski definition) is 0. The lowest BCUT2D eigenvalue weighted by Crippen LogP contribution is -2.30. The van der Waals surface area contributed by atoms with E-state index in [-0.39, 0.29) is 22.9 Å². The van der Waals surface area contributed by atoms with E-state index >= 15 is 0 Å². The minimum Gasteiger partial charge on any atom is -0.478 e. The number of halogens is 3. The van der Waals surface area contributed by atoms with E-state index in [9.17, 15) is 13.2 Å². The molecule has 1 fully saturated rings. The SMILES string of the molecule is Cn1c(C2(C)CCSCC2)nc2ccc(Oc3ncccc3OCC(F)(F)F)nc21. The van der Waals surface area contributed by atoms with Gasteiger partial charge in [0.25, 0.3) is 5.88 Å². The Kier molecular flexibility index (Phi) is 5.52. The van der Waals surface area contributed by atoms with E-state index in [1.807, 2.05) is 23.4 Å². The van der Waals surface area contributed by atoms with Gasteiger partial charge in [0, 0.05) is 24.7 Å². The van der Waals surface area contributed by atoms with Crippen molar-refractivity contribution in [2.24, 2.45) is 7.05 Å². The van der Waals surface area contributed by atoms with Gasteiger partial charge in [-0.15, -0.1) is 0 Å². The first-order valence-corrected chi connectivity index (χ1v) is 10.6. The summed E-state index contributed by atoms with van der Waals surface area (Å²) in [6.07, 6.45) is -0.945. The number of rotatable bonds is 5. The van der Waals surface area contributed by atoms with E-state index in [0.29, 0.717) is 5.65 Å². The summed E-state index contributed by atoms with van der Waals surface area (Å²) in [5.41, 5.74) is 1.38. The maximum absolute atomic E-state index is 12.5. The maximum atomic E-state index is 12.5. The molecule has 160 valence electrons. The van der Waals surface area contributed by atoms with Crippen LogP contribution in [0.3, 0.4) is 0 Å². The monoisotopic (exact) mass is 438 g/mol. The Labute approximate surface area is 175 Å². The van der Waals surface area contributed by atoms with Crippen LogP contribution in [0.25, 0.3) is 11.2 Å². The predicted octanol–water partition coefficient (Wildman–Crippen LogP) is 4.88. The Morgan fingerprint density at radius 1 is 1.17 bits per heavy atom. The zero-order valence-corrected chi connectivity index (χ0v) is 17.4. The highest BCUT2D eigenvalue weighted by molar-refractivity contribution is 7.99. The second-order valence-corrected chi connectivity index (χ2v) is 8.70. The number of ether oxygens (including phenoxy) is 2. The number of imidazole rings is 1. The summed E-state index contributed by atoms with van der Waals surface area (Å²) in [5, 5.41) is 0. The number of fused-ring (bicyclic) bond motifs is 1. The van der Waals surface area contributed by atoms with Crippen molar-refractivity contribution in [3.8, 4) is 17.5 Å². The van der Waals surface area contributed by atoms with Crippen molar-refractivity contribution in [1.82, 2.24) is 19.5 Å². The highest BCUT2D eigenvalue weighted by Crippen LogP contribution is 2.38. The lowest BCUT2D eigenvalue weighted by Gasteiger charge is -2.32. The van der Waals surface area contributed by atoms with Crippen molar-refractivity contribution in [2.45, 2.75) is 31.4 Å². The summed E-state index contributed by atoms with van der Waals surface area (Å²) >= 11 is 1.95. The molecule has 0 aliphatic carbocycles. The molecule has 0 atom stereocenters. The quantitative estimate of drug-likeness (QED) is 0.566. The van der Waals surface area contributed by atoms with Gasteiger partial charge in [0.05, 0.1) is 0 Å². The third kappa shape index (κ3) is 4.33. The largest absolute Gasteiger partial charge is 0.478 e. The van der Waals surface area contributed by atoms with Crippen LogP contribution in [-0.2, 0) is 12.5 Å². The van der Waals surface area contributed by atoms with Crippen molar-refractivity contribution >= 4 is 22.9 Å². The first-order valence-electron chi connectivity index (χ1n) is 9.49. The molecule has 0 spiro atoms. The van der Waals surface area contributed by atoms with Crippen LogP contribution in [0.4, 0.5) is 13.2 Å². The zero-order chi connectivity index (χ0) is 21.4. The van der Waals surface area contributed by atoms with Crippen LogP contribution >= 0.6 is 11.8 Å². The van der Waals surface area contributed by atoms with E-state index in [0.717, 1.165) is 35.7 Å². The summed E-state index contributed by atoms with van der Waals surface area (Å²) in [6.45, 7) is 0.799. The molecule has 1 aliphatic rings. The highest BCUT2D eigenvalue weighted by Gasteiger charge is 2.34. The van der Waals surface area contributed by atoms with Crippen molar-refractivity contribution in [1.29, 1.82) is 0 Å². The van der Waals surface area contributed by atoms with Gasteiger partial charge in [-0.05, 0) is 42.5 Å². The molecule has 6 nitrogen and oxygen atoms in total. The summed E-state index contributed by atoms with van der Waals surface area (Å²) in [6, 6.07) is 6.27. The molecule has 0 aromatic carbocycles. The molecule has 4 rings (SSSR count). The van der Waals surface area contributed by atoms with Crippen LogP contribution in [-0.4, -0.2) is 43.8 Å². The third-order valence-corrected chi connectivity index (χ3v) is 6.14. The summed E-state index contributed by atoms with van der Waals surface area (Å²) in [4.78, 5) is 13.3. The Morgan fingerprint density at radius 2 is 1.93 bits per heavy atom. The fraction of sp³-hybridized carbons (Fsp3) is 0.450. The molecule has 3 aromatic heterocycles. The summed E-state index contributed by atoms with van der Waals surface area (Å²) in [5.74, 6) is 3.21. The molecule has 0 radical (unpaired) electrons. The topological polar surface area (TPSA) is 62.1 Å². The van der Waals surface area contributed by atoms with E-state index < -0.39 is 12.8 Å². The molecule has 1 aliphatic heterocycles. The van der Waals surface area contributed by atoms with Gasteiger partial charge in [-0.1, -0.05) is 6.92 Å². The average molecular weight is 438 g/mol. The van der Waals surface area contributed by atoms with Crippen molar-refractivity contribution in [3.63, 3.8) is 0 Å².